The van der Waals surface area contributed by atoms with Crippen molar-refractivity contribution in [3.05, 3.63) is 97.3 Å². The summed E-state index contributed by atoms with van der Waals surface area (Å²) in [6.07, 6.45) is 0.114. The molecule has 5 nitrogen and oxygen atoms in total. The highest BCUT2D eigenvalue weighted by molar-refractivity contribution is 9.10. The topological polar surface area (TPSA) is 76.7 Å². The Morgan fingerprint density at radius 3 is 2.52 bits per heavy atom. The normalized spacial score (nSPS) is 12.0. The van der Waals surface area contributed by atoms with Crippen LogP contribution in [-0.4, -0.2) is 18.2 Å². The highest BCUT2D eigenvalue weighted by atomic mass is 79.9. The van der Waals surface area contributed by atoms with Crippen molar-refractivity contribution in [2.75, 3.05) is 7.11 Å². The SMILES string of the molecule is COc1ccc(CC(C(=O)O)c2c(-c3cccc(Br)c3)c3cc(C)c(Cl)cc3oc2=O)cc1. The van der Waals surface area contributed by atoms with Crippen LogP contribution >= 0.6 is 27.5 Å². The van der Waals surface area contributed by atoms with Gasteiger partial charge in [-0.2, -0.15) is 0 Å². The molecule has 0 saturated carbocycles. The van der Waals surface area contributed by atoms with Gasteiger partial charge in [0.25, 0.3) is 0 Å². The summed E-state index contributed by atoms with van der Waals surface area (Å²) in [4.78, 5) is 25.7. The predicted molar refractivity (Wildman–Crippen MR) is 132 cm³/mol. The molecule has 0 aliphatic carbocycles. The Hall–Kier alpha value is -3.09. The Morgan fingerprint density at radius 1 is 1.15 bits per heavy atom. The van der Waals surface area contributed by atoms with Crippen LogP contribution in [0.3, 0.4) is 0 Å². The van der Waals surface area contributed by atoms with E-state index in [0.717, 1.165) is 15.6 Å². The molecule has 1 heterocycles. The fourth-order valence-corrected chi connectivity index (χ4v) is 4.48. The lowest BCUT2D eigenvalue weighted by molar-refractivity contribution is -0.138. The number of methoxy groups -OCH3 is 1. The Morgan fingerprint density at radius 2 is 1.88 bits per heavy atom. The molecule has 0 saturated heterocycles. The van der Waals surface area contributed by atoms with E-state index in [0.29, 0.717) is 32.9 Å². The van der Waals surface area contributed by atoms with Gasteiger partial charge in [-0.3, -0.25) is 4.79 Å². The third-order valence-electron chi connectivity index (χ3n) is 5.58. The summed E-state index contributed by atoms with van der Waals surface area (Å²) in [6.45, 7) is 1.85. The molecule has 168 valence electrons. The van der Waals surface area contributed by atoms with Crippen LogP contribution in [0.1, 0.15) is 22.6 Å². The molecular formula is C26H20BrClO5. The quantitative estimate of drug-likeness (QED) is 0.286. The van der Waals surface area contributed by atoms with Crippen LogP contribution in [0.25, 0.3) is 22.1 Å². The third kappa shape index (κ3) is 4.68. The summed E-state index contributed by atoms with van der Waals surface area (Å²) in [5.74, 6) is -1.57. The molecule has 33 heavy (non-hydrogen) atoms. The molecule has 0 bridgehead atoms. The number of aryl methyl sites for hydroxylation is 1. The largest absolute Gasteiger partial charge is 0.497 e. The Balaban J connectivity index is 2.00. The van der Waals surface area contributed by atoms with Gasteiger partial charge in [0.15, 0.2) is 0 Å². The monoisotopic (exact) mass is 526 g/mol. The first-order chi connectivity index (χ1) is 15.8. The van der Waals surface area contributed by atoms with Crippen molar-refractivity contribution in [3.63, 3.8) is 0 Å². The number of carboxylic acid groups (broad SMARTS) is 1. The second-order valence-electron chi connectivity index (χ2n) is 7.73. The molecular weight excluding hydrogens is 508 g/mol. The fraction of sp³-hybridized carbons (Fsp3) is 0.154. The number of ether oxygens (including phenoxy) is 1. The van der Waals surface area contributed by atoms with Crippen LogP contribution in [0.15, 0.2) is 74.3 Å². The van der Waals surface area contributed by atoms with Crippen LogP contribution in [0, 0.1) is 6.92 Å². The number of fused-ring (bicyclic) bond motifs is 1. The van der Waals surface area contributed by atoms with Crippen LogP contribution in [0.4, 0.5) is 0 Å². The smallest absolute Gasteiger partial charge is 0.340 e. The van der Waals surface area contributed by atoms with Crippen LogP contribution < -0.4 is 10.4 Å². The summed E-state index contributed by atoms with van der Waals surface area (Å²) in [7, 11) is 1.56. The first-order valence-electron chi connectivity index (χ1n) is 10.2. The molecule has 1 unspecified atom stereocenters. The molecule has 0 spiro atoms. The second-order valence-corrected chi connectivity index (χ2v) is 9.05. The minimum absolute atomic E-state index is 0.102. The van der Waals surface area contributed by atoms with Gasteiger partial charge in [0, 0.05) is 26.5 Å². The fourth-order valence-electron chi connectivity index (χ4n) is 3.93. The van der Waals surface area contributed by atoms with Gasteiger partial charge < -0.3 is 14.3 Å². The van der Waals surface area contributed by atoms with E-state index in [1.54, 1.807) is 37.4 Å². The highest BCUT2D eigenvalue weighted by Gasteiger charge is 2.30. The van der Waals surface area contributed by atoms with Crippen LogP contribution in [0.5, 0.6) is 5.75 Å². The van der Waals surface area contributed by atoms with Gasteiger partial charge in [-0.25, -0.2) is 4.79 Å². The molecule has 1 N–H and O–H groups in total. The van der Waals surface area contributed by atoms with Crippen molar-refractivity contribution in [2.24, 2.45) is 0 Å². The third-order valence-corrected chi connectivity index (χ3v) is 6.48. The van der Waals surface area contributed by atoms with E-state index in [4.69, 9.17) is 20.8 Å². The number of aliphatic carboxylic acids is 1. The number of carboxylic acids is 1. The zero-order valence-electron chi connectivity index (χ0n) is 17.9. The van der Waals surface area contributed by atoms with Gasteiger partial charge in [-0.1, -0.05) is 51.8 Å². The summed E-state index contributed by atoms with van der Waals surface area (Å²) in [5.41, 5.74) is 2.51. The van der Waals surface area contributed by atoms with Gasteiger partial charge >= 0.3 is 11.6 Å². The minimum atomic E-state index is -1.12. The van der Waals surface area contributed by atoms with E-state index >= 15 is 0 Å². The maximum absolute atomic E-state index is 13.2. The predicted octanol–water partition coefficient (Wildman–Crippen LogP) is 6.60. The number of rotatable bonds is 6. The summed E-state index contributed by atoms with van der Waals surface area (Å²) < 4.78 is 11.6. The van der Waals surface area contributed by atoms with Gasteiger partial charge in [0.05, 0.1) is 18.6 Å². The van der Waals surface area contributed by atoms with E-state index in [2.05, 4.69) is 15.9 Å². The average Bonchev–Trinajstić information content (AvgIpc) is 2.78. The van der Waals surface area contributed by atoms with Gasteiger partial charge in [-0.15, -0.1) is 0 Å². The minimum Gasteiger partial charge on any atom is -0.497 e. The van der Waals surface area contributed by atoms with E-state index in [9.17, 15) is 14.7 Å². The lowest BCUT2D eigenvalue weighted by Crippen LogP contribution is -2.23. The highest BCUT2D eigenvalue weighted by Crippen LogP contribution is 2.38. The molecule has 0 aliphatic heterocycles. The average molecular weight is 528 g/mol. The number of benzene rings is 3. The van der Waals surface area contributed by atoms with E-state index in [-0.39, 0.29) is 12.0 Å². The molecule has 7 heteroatoms. The van der Waals surface area contributed by atoms with Crippen LogP contribution in [-0.2, 0) is 11.2 Å². The Kier molecular flexibility index (Phi) is 6.58. The lowest BCUT2D eigenvalue weighted by Gasteiger charge is -2.18. The lowest BCUT2D eigenvalue weighted by atomic mass is 9.86. The van der Waals surface area contributed by atoms with E-state index < -0.39 is 17.5 Å². The maximum atomic E-state index is 13.2. The van der Waals surface area contributed by atoms with Crippen molar-refractivity contribution in [2.45, 2.75) is 19.3 Å². The van der Waals surface area contributed by atoms with Crippen molar-refractivity contribution < 1.29 is 19.1 Å². The number of hydrogen-bond acceptors (Lipinski definition) is 4. The van der Waals surface area contributed by atoms with Crippen molar-refractivity contribution in [1.29, 1.82) is 0 Å². The molecule has 1 atom stereocenters. The summed E-state index contributed by atoms with van der Waals surface area (Å²) in [6, 6.07) is 17.9. The van der Waals surface area contributed by atoms with Gasteiger partial charge in [0.2, 0.25) is 0 Å². The standard InChI is InChI=1S/C26H20BrClO5/c1-14-10-19-22(13-21(14)28)33-26(31)24(23(19)16-4-3-5-17(27)12-16)20(25(29)30)11-15-6-8-18(32-2)9-7-15/h3-10,12-13,20H,11H2,1-2H3,(H,29,30). The van der Waals surface area contributed by atoms with Crippen LogP contribution in [0.2, 0.25) is 5.02 Å². The second kappa shape index (κ2) is 9.41. The van der Waals surface area contributed by atoms with Crippen molar-refractivity contribution >= 4 is 44.5 Å². The molecule has 0 radical (unpaired) electrons. The summed E-state index contributed by atoms with van der Waals surface area (Å²) >= 11 is 9.75. The van der Waals surface area contributed by atoms with Crippen molar-refractivity contribution in [3.8, 4) is 16.9 Å². The number of hydrogen-bond donors (Lipinski definition) is 1. The molecule has 0 fully saturated rings. The molecule has 4 rings (SSSR count). The number of halogens is 2. The Labute approximate surface area is 203 Å². The first kappa shape index (κ1) is 23.1. The first-order valence-corrected chi connectivity index (χ1v) is 11.3. The zero-order chi connectivity index (χ0) is 23.7. The molecule has 1 aromatic heterocycles. The van der Waals surface area contributed by atoms with Gasteiger partial charge in [-0.05, 0) is 60.4 Å². The van der Waals surface area contributed by atoms with E-state index in [1.807, 2.05) is 37.3 Å². The number of carbonyl (C=O) groups is 1. The zero-order valence-corrected chi connectivity index (χ0v) is 20.2. The summed E-state index contributed by atoms with van der Waals surface area (Å²) in [5, 5.41) is 11.3. The molecule has 0 amide bonds. The molecule has 4 aromatic rings. The molecule has 0 aliphatic rings. The maximum Gasteiger partial charge on any atom is 0.340 e. The molecule has 3 aromatic carbocycles. The van der Waals surface area contributed by atoms with Crippen molar-refractivity contribution in [1.82, 2.24) is 0 Å². The Bertz CT molecular complexity index is 1410. The van der Waals surface area contributed by atoms with E-state index in [1.165, 1.54) is 0 Å². The van der Waals surface area contributed by atoms with Gasteiger partial charge in [0.1, 0.15) is 11.3 Å².